The Hall–Kier alpha value is -0.440. The molecule has 0 heterocycles. The van der Waals surface area contributed by atoms with Crippen LogP contribution in [0.1, 0.15) is 46.5 Å². The summed E-state index contributed by atoms with van der Waals surface area (Å²) in [5.74, 6) is 0.627. The first-order valence-electron chi connectivity index (χ1n) is 5.77. The van der Waals surface area contributed by atoms with Gasteiger partial charge in [-0.25, -0.2) is 0 Å². The Balaban J connectivity index is 2.45. The quantitative estimate of drug-likeness (QED) is 0.774. The highest BCUT2D eigenvalue weighted by Crippen LogP contribution is 2.29. The number of hydrogen-bond donors (Lipinski definition) is 1. The van der Waals surface area contributed by atoms with Gasteiger partial charge in [-0.1, -0.05) is 19.4 Å². The zero-order valence-corrected chi connectivity index (χ0v) is 10.7. The second-order valence-electron chi connectivity index (χ2n) is 4.54. The number of carbonyl (C=O) groups excluding carboxylic acids is 1. The van der Waals surface area contributed by atoms with E-state index >= 15 is 0 Å². The highest BCUT2D eigenvalue weighted by Gasteiger charge is 2.12. The molecule has 1 aliphatic rings. The molecule has 0 saturated carbocycles. The van der Waals surface area contributed by atoms with Crippen LogP contribution in [-0.4, -0.2) is 11.3 Å². The van der Waals surface area contributed by atoms with Crippen molar-refractivity contribution in [3.63, 3.8) is 0 Å². The molecule has 0 aromatic heterocycles. The van der Waals surface area contributed by atoms with Gasteiger partial charge in [0.15, 0.2) is 0 Å². The summed E-state index contributed by atoms with van der Waals surface area (Å²) in [7, 11) is 0. The van der Waals surface area contributed by atoms with E-state index in [9.17, 15) is 4.79 Å². The van der Waals surface area contributed by atoms with Gasteiger partial charge in [-0.3, -0.25) is 4.79 Å². The van der Waals surface area contributed by atoms with Gasteiger partial charge in [-0.2, -0.15) is 0 Å². The van der Waals surface area contributed by atoms with Gasteiger partial charge in [0.25, 0.3) is 5.24 Å². The van der Waals surface area contributed by atoms with Gasteiger partial charge in [-0.15, -0.1) is 0 Å². The fraction of sp³-hybridized carbons (Fsp3) is 0.750. The van der Waals surface area contributed by atoms with E-state index in [1.54, 1.807) is 0 Å². The van der Waals surface area contributed by atoms with Crippen LogP contribution in [0.4, 0.5) is 4.79 Å². The van der Waals surface area contributed by atoms with Crippen LogP contribution in [-0.2, 0) is 0 Å². The average molecular weight is 227 g/mol. The second-order valence-corrected chi connectivity index (χ2v) is 5.64. The van der Waals surface area contributed by atoms with Crippen molar-refractivity contribution in [1.29, 1.82) is 0 Å². The number of nitrogens with one attached hydrogen (secondary N) is 1. The second kappa shape index (κ2) is 6.21. The number of carbonyl (C=O) groups is 1. The molecule has 2 nitrogen and oxygen atoms in total. The molecule has 0 spiro atoms. The van der Waals surface area contributed by atoms with E-state index in [-0.39, 0.29) is 11.3 Å². The number of allylic oxidation sites excluding steroid dienone is 2. The molecular weight excluding hydrogens is 206 g/mol. The monoisotopic (exact) mass is 227 g/mol. The molecule has 0 saturated heterocycles. The van der Waals surface area contributed by atoms with Crippen LogP contribution in [0, 0.1) is 5.92 Å². The van der Waals surface area contributed by atoms with Crippen LogP contribution in [0.5, 0.6) is 0 Å². The SMILES string of the molecule is CC1C=C(SC(=O)NC(C)C)CCCC1. The van der Waals surface area contributed by atoms with Crippen LogP contribution in [0.15, 0.2) is 11.0 Å². The first-order valence-corrected chi connectivity index (χ1v) is 6.58. The van der Waals surface area contributed by atoms with E-state index in [4.69, 9.17) is 0 Å². The molecule has 0 aromatic carbocycles. The van der Waals surface area contributed by atoms with Crippen molar-refractivity contribution >= 4 is 17.0 Å². The summed E-state index contributed by atoms with van der Waals surface area (Å²) in [5.41, 5.74) is 0. The van der Waals surface area contributed by atoms with Crippen LogP contribution in [0.25, 0.3) is 0 Å². The number of hydrogen-bond acceptors (Lipinski definition) is 2. The van der Waals surface area contributed by atoms with Gasteiger partial charge in [0.1, 0.15) is 0 Å². The first-order chi connectivity index (χ1) is 7.08. The average Bonchev–Trinajstić information content (AvgIpc) is 2.28. The van der Waals surface area contributed by atoms with E-state index in [1.807, 2.05) is 13.8 Å². The van der Waals surface area contributed by atoms with Gasteiger partial charge >= 0.3 is 0 Å². The summed E-state index contributed by atoms with van der Waals surface area (Å²) in [4.78, 5) is 12.8. The molecule has 0 aromatic rings. The lowest BCUT2D eigenvalue weighted by Gasteiger charge is -2.09. The molecule has 1 rings (SSSR count). The maximum absolute atomic E-state index is 11.6. The minimum absolute atomic E-state index is 0.0883. The summed E-state index contributed by atoms with van der Waals surface area (Å²) >= 11 is 1.38. The maximum Gasteiger partial charge on any atom is 0.283 e. The van der Waals surface area contributed by atoms with Gasteiger partial charge in [0.05, 0.1) is 0 Å². The summed E-state index contributed by atoms with van der Waals surface area (Å²) < 4.78 is 0. The molecule has 86 valence electrons. The van der Waals surface area contributed by atoms with Crippen molar-refractivity contribution in [2.45, 2.75) is 52.5 Å². The molecule has 15 heavy (non-hydrogen) atoms. The van der Waals surface area contributed by atoms with Crippen LogP contribution in [0.2, 0.25) is 0 Å². The highest BCUT2D eigenvalue weighted by molar-refractivity contribution is 8.16. The predicted molar refractivity (Wildman–Crippen MR) is 67.0 cm³/mol. The Morgan fingerprint density at radius 1 is 1.53 bits per heavy atom. The third-order valence-corrected chi connectivity index (χ3v) is 3.34. The third kappa shape index (κ3) is 5.26. The summed E-state index contributed by atoms with van der Waals surface area (Å²) in [6.45, 7) is 6.21. The molecule has 1 atom stereocenters. The smallest absolute Gasteiger partial charge is 0.283 e. The van der Waals surface area contributed by atoms with E-state index in [0.717, 1.165) is 6.42 Å². The lowest BCUT2D eigenvalue weighted by atomic mass is 10.1. The lowest BCUT2D eigenvalue weighted by Crippen LogP contribution is -2.26. The first kappa shape index (κ1) is 12.6. The maximum atomic E-state index is 11.6. The van der Waals surface area contributed by atoms with Gasteiger partial charge < -0.3 is 5.32 Å². The Morgan fingerprint density at radius 3 is 2.93 bits per heavy atom. The summed E-state index contributed by atoms with van der Waals surface area (Å²) in [5, 5.41) is 3.00. The van der Waals surface area contributed by atoms with Gasteiger partial charge in [-0.05, 0) is 55.7 Å². The standard InChI is InChI=1S/C12H21NOS/c1-9(2)13-12(14)15-11-7-5-4-6-10(3)8-11/h8-10H,4-7H2,1-3H3,(H,13,14). The molecular formula is C12H21NOS. The van der Waals surface area contributed by atoms with Crippen LogP contribution in [0.3, 0.4) is 0 Å². The Morgan fingerprint density at radius 2 is 2.27 bits per heavy atom. The Bertz CT molecular complexity index is 248. The van der Waals surface area contributed by atoms with Crippen molar-refractivity contribution in [3.8, 4) is 0 Å². The van der Waals surface area contributed by atoms with Crippen molar-refractivity contribution in [2.75, 3.05) is 0 Å². The fourth-order valence-corrected chi connectivity index (χ4v) is 2.80. The molecule has 1 amide bonds. The molecule has 1 unspecified atom stereocenters. The summed E-state index contributed by atoms with van der Waals surface area (Å²) in [6, 6.07) is 0.230. The summed E-state index contributed by atoms with van der Waals surface area (Å²) in [6.07, 6.45) is 7.10. The molecule has 0 radical (unpaired) electrons. The van der Waals surface area contributed by atoms with E-state index in [1.165, 1.54) is 35.9 Å². The zero-order valence-electron chi connectivity index (χ0n) is 9.88. The fourth-order valence-electron chi connectivity index (χ4n) is 1.72. The molecule has 0 bridgehead atoms. The Kier molecular flexibility index (Phi) is 5.23. The van der Waals surface area contributed by atoms with Gasteiger partial charge in [0, 0.05) is 6.04 Å². The van der Waals surface area contributed by atoms with Crippen molar-refractivity contribution in [3.05, 3.63) is 11.0 Å². The Labute approximate surface area is 96.9 Å². The van der Waals surface area contributed by atoms with Crippen molar-refractivity contribution in [1.82, 2.24) is 5.32 Å². The molecule has 1 aliphatic carbocycles. The molecule has 3 heteroatoms. The molecule has 0 fully saturated rings. The minimum atomic E-state index is 0.0883. The van der Waals surface area contributed by atoms with E-state index < -0.39 is 0 Å². The number of amides is 1. The number of rotatable bonds is 2. The largest absolute Gasteiger partial charge is 0.345 e. The molecule has 1 N–H and O–H groups in total. The minimum Gasteiger partial charge on any atom is -0.345 e. The third-order valence-electron chi connectivity index (χ3n) is 2.43. The molecule has 0 aliphatic heterocycles. The highest BCUT2D eigenvalue weighted by atomic mass is 32.2. The van der Waals surface area contributed by atoms with Gasteiger partial charge in [0.2, 0.25) is 0 Å². The predicted octanol–water partition coefficient (Wildman–Crippen LogP) is 3.93. The van der Waals surface area contributed by atoms with Crippen LogP contribution < -0.4 is 5.32 Å². The van der Waals surface area contributed by atoms with Crippen LogP contribution >= 0.6 is 11.8 Å². The zero-order chi connectivity index (χ0) is 11.3. The van der Waals surface area contributed by atoms with E-state index in [2.05, 4.69) is 18.3 Å². The number of thioether (sulfide) groups is 1. The van der Waals surface area contributed by atoms with Crippen molar-refractivity contribution in [2.24, 2.45) is 5.92 Å². The lowest BCUT2D eigenvalue weighted by molar-refractivity contribution is 0.259. The topological polar surface area (TPSA) is 29.1 Å². The van der Waals surface area contributed by atoms with E-state index in [0.29, 0.717) is 5.92 Å². The normalized spacial score (nSPS) is 22.1. The van der Waals surface area contributed by atoms with Crippen molar-refractivity contribution < 1.29 is 4.79 Å².